The standard InChI is InChI=1S/C21H20N4O3S2/c1-14-11-17(5-8-19(14)28-10-9-22)29-21-15(2)13-24-20(25-21)12-16-3-6-18(7-4-16)30(23,26)27/h3-8,11,13H,10,12H2,1-2H3,(H2,23,26,27). The van der Waals surface area contributed by atoms with Crippen molar-refractivity contribution in [3.8, 4) is 11.8 Å². The molecule has 0 radical (unpaired) electrons. The molecule has 0 aliphatic carbocycles. The Bertz CT molecular complexity index is 1200. The highest BCUT2D eigenvalue weighted by Crippen LogP contribution is 2.32. The van der Waals surface area contributed by atoms with Crippen LogP contribution in [0.4, 0.5) is 0 Å². The highest BCUT2D eigenvalue weighted by molar-refractivity contribution is 7.99. The summed E-state index contributed by atoms with van der Waals surface area (Å²) in [7, 11) is -3.71. The van der Waals surface area contributed by atoms with E-state index in [0.717, 1.165) is 26.6 Å². The van der Waals surface area contributed by atoms with Gasteiger partial charge in [0.15, 0.2) is 6.61 Å². The number of hydrogen-bond donors (Lipinski definition) is 1. The van der Waals surface area contributed by atoms with E-state index in [4.69, 9.17) is 15.1 Å². The van der Waals surface area contributed by atoms with Crippen LogP contribution in [0.1, 0.15) is 22.5 Å². The fourth-order valence-corrected chi connectivity index (χ4v) is 4.17. The van der Waals surface area contributed by atoms with Crippen molar-refractivity contribution >= 4 is 21.8 Å². The summed E-state index contributed by atoms with van der Waals surface area (Å²) in [5.74, 6) is 1.32. The normalized spacial score (nSPS) is 11.1. The maximum absolute atomic E-state index is 11.4. The molecule has 30 heavy (non-hydrogen) atoms. The van der Waals surface area contributed by atoms with Crippen molar-refractivity contribution < 1.29 is 13.2 Å². The van der Waals surface area contributed by atoms with Crippen molar-refractivity contribution in [3.63, 3.8) is 0 Å². The van der Waals surface area contributed by atoms with Crippen molar-refractivity contribution in [1.29, 1.82) is 5.26 Å². The topological polar surface area (TPSA) is 119 Å². The lowest BCUT2D eigenvalue weighted by molar-refractivity contribution is 0.365. The number of rotatable bonds is 7. The van der Waals surface area contributed by atoms with Gasteiger partial charge in [0.2, 0.25) is 10.0 Å². The van der Waals surface area contributed by atoms with E-state index < -0.39 is 10.0 Å². The van der Waals surface area contributed by atoms with Crippen molar-refractivity contribution in [2.24, 2.45) is 5.14 Å². The molecule has 0 amide bonds. The van der Waals surface area contributed by atoms with Gasteiger partial charge in [-0.1, -0.05) is 23.9 Å². The largest absolute Gasteiger partial charge is 0.478 e. The number of hydrogen-bond acceptors (Lipinski definition) is 7. The maximum atomic E-state index is 11.4. The first-order valence-electron chi connectivity index (χ1n) is 8.99. The monoisotopic (exact) mass is 440 g/mol. The predicted octanol–water partition coefficient (Wildman–Crippen LogP) is 3.39. The van der Waals surface area contributed by atoms with Crippen molar-refractivity contribution in [1.82, 2.24) is 9.97 Å². The number of sulfonamides is 1. The molecule has 1 heterocycles. The van der Waals surface area contributed by atoms with Gasteiger partial charge in [-0.2, -0.15) is 5.26 Å². The molecule has 7 nitrogen and oxygen atoms in total. The zero-order valence-electron chi connectivity index (χ0n) is 16.5. The maximum Gasteiger partial charge on any atom is 0.238 e. The Morgan fingerprint density at radius 2 is 1.87 bits per heavy atom. The van der Waals surface area contributed by atoms with Gasteiger partial charge in [0.1, 0.15) is 22.7 Å². The van der Waals surface area contributed by atoms with Gasteiger partial charge in [-0.15, -0.1) is 0 Å². The van der Waals surface area contributed by atoms with Gasteiger partial charge in [0, 0.05) is 17.5 Å². The minimum atomic E-state index is -3.71. The number of nitrogens with zero attached hydrogens (tertiary/aromatic N) is 3. The molecule has 0 fully saturated rings. The lowest BCUT2D eigenvalue weighted by Crippen LogP contribution is -2.12. The highest BCUT2D eigenvalue weighted by atomic mass is 32.2. The third-order valence-electron chi connectivity index (χ3n) is 4.24. The minimum Gasteiger partial charge on any atom is -0.478 e. The lowest BCUT2D eigenvalue weighted by atomic mass is 10.1. The van der Waals surface area contributed by atoms with Gasteiger partial charge in [-0.3, -0.25) is 0 Å². The molecule has 3 aromatic rings. The molecule has 2 N–H and O–H groups in total. The second-order valence-electron chi connectivity index (χ2n) is 6.62. The molecule has 1 aromatic heterocycles. The second kappa shape index (κ2) is 9.26. The van der Waals surface area contributed by atoms with E-state index in [1.54, 1.807) is 18.3 Å². The zero-order valence-corrected chi connectivity index (χ0v) is 18.1. The highest BCUT2D eigenvalue weighted by Gasteiger charge is 2.10. The summed E-state index contributed by atoms with van der Waals surface area (Å²) in [6.45, 7) is 3.89. The Morgan fingerprint density at radius 3 is 2.50 bits per heavy atom. The van der Waals surface area contributed by atoms with E-state index in [2.05, 4.69) is 9.97 Å². The average molecular weight is 441 g/mol. The van der Waals surface area contributed by atoms with E-state index in [1.165, 1.54) is 23.9 Å². The molecule has 3 rings (SSSR count). The molecule has 0 atom stereocenters. The molecule has 0 unspecified atom stereocenters. The molecule has 9 heteroatoms. The van der Waals surface area contributed by atoms with Gasteiger partial charge in [0.25, 0.3) is 0 Å². The molecule has 2 aromatic carbocycles. The lowest BCUT2D eigenvalue weighted by Gasteiger charge is -2.10. The summed E-state index contributed by atoms with van der Waals surface area (Å²) >= 11 is 1.52. The second-order valence-corrected chi connectivity index (χ2v) is 9.24. The van der Waals surface area contributed by atoms with Crippen LogP contribution in [0, 0.1) is 25.2 Å². The summed E-state index contributed by atoms with van der Waals surface area (Å²) in [6, 6.07) is 14.1. The predicted molar refractivity (Wildman–Crippen MR) is 114 cm³/mol. The molecule has 0 saturated carbocycles. The third kappa shape index (κ3) is 5.57. The van der Waals surface area contributed by atoms with Crippen molar-refractivity contribution in [2.45, 2.75) is 35.1 Å². The van der Waals surface area contributed by atoms with E-state index in [9.17, 15) is 8.42 Å². The van der Waals surface area contributed by atoms with Gasteiger partial charge in [-0.25, -0.2) is 23.5 Å². The number of benzene rings is 2. The summed E-state index contributed by atoms with van der Waals surface area (Å²) in [5.41, 5.74) is 2.78. The van der Waals surface area contributed by atoms with E-state index >= 15 is 0 Å². The number of ether oxygens (including phenoxy) is 1. The minimum absolute atomic E-state index is 0.0138. The van der Waals surface area contributed by atoms with Gasteiger partial charge < -0.3 is 4.74 Å². The SMILES string of the molecule is Cc1cc(Sc2nc(Cc3ccc(S(N)(=O)=O)cc3)ncc2C)ccc1OCC#N. The quantitative estimate of drug-likeness (QED) is 0.559. The fraction of sp³-hybridized carbons (Fsp3) is 0.190. The summed E-state index contributed by atoms with van der Waals surface area (Å²) in [5, 5.41) is 14.6. The smallest absolute Gasteiger partial charge is 0.238 e. The van der Waals surface area contributed by atoms with Crippen LogP contribution in [-0.2, 0) is 16.4 Å². The summed E-state index contributed by atoms with van der Waals surface area (Å²) in [4.78, 5) is 10.1. The number of primary sulfonamides is 1. The van der Waals surface area contributed by atoms with Crippen LogP contribution in [-0.4, -0.2) is 25.0 Å². The molecule has 0 bridgehead atoms. The molecule has 154 valence electrons. The van der Waals surface area contributed by atoms with Crippen molar-refractivity contribution in [2.75, 3.05) is 6.61 Å². The first-order chi connectivity index (χ1) is 14.3. The molecule has 0 aliphatic heterocycles. The number of nitriles is 1. The van der Waals surface area contributed by atoms with E-state index in [-0.39, 0.29) is 11.5 Å². The number of aromatic nitrogens is 2. The van der Waals surface area contributed by atoms with Crippen LogP contribution in [0.2, 0.25) is 0 Å². The van der Waals surface area contributed by atoms with Crippen LogP contribution < -0.4 is 9.88 Å². The van der Waals surface area contributed by atoms with Crippen molar-refractivity contribution in [3.05, 3.63) is 71.2 Å². The first kappa shape index (κ1) is 21.8. The molecule has 0 spiro atoms. The van der Waals surface area contributed by atoms with Gasteiger partial charge in [-0.05, 0) is 60.9 Å². The molecule has 0 aliphatic rings. The average Bonchev–Trinajstić information content (AvgIpc) is 2.70. The molecule has 0 saturated heterocycles. The van der Waals surface area contributed by atoms with Gasteiger partial charge >= 0.3 is 0 Å². The van der Waals surface area contributed by atoms with E-state index in [1.807, 2.05) is 38.1 Å². The van der Waals surface area contributed by atoms with Crippen LogP contribution in [0.25, 0.3) is 0 Å². The Kier molecular flexibility index (Phi) is 6.72. The van der Waals surface area contributed by atoms with Crippen LogP contribution in [0.15, 0.2) is 63.5 Å². The Balaban J connectivity index is 1.77. The Labute approximate surface area is 180 Å². The Hall–Kier alpha value is -2.93. The first-order valence-corrected chi connectivity index (χ1v) is 11.3. The summed E-state index contributed by atoms with van der Waals surface area (Å²) in [6.07, 6.45) is 2.25. The number of aryl methyl sites for hydroxylation is 2. The molecular weight excluding hydrogens is 420 g/mol. The fourth-order valence-electron chi connectivity index (χ4n) is 2.70. The zero-order chi connectivity index (χ0) is 21.7. The van der Waals surface area contributed by atoms with Crippen LogP contribution in [0.5, 0.6) is 5.75 Å². The van der Waals surface area contributed by atoms with E-state index in [0.29, 0.717) is 18.0 Å². The Morgan fingerprint density at radius 1 is 1.13 bits per heavy atom. The third-order valence-corrected chi connectivity index (χ3v) is 6.27. The number of nitrogens with two attached hydrogens (primary N) is 1. The van der Waals surface area contributed by atoms with Crippen LogP contribution in [0.3, 0.4) is 0 Å². The summed E-state index contributed by atoms with van der Waals surface area (Å²) < 4.78 is 28.2. The van der Waals surface area contributed by atoms with Gasteiger partial charge in [0.05, 0.1) is 4.90 Å². The molecular formula is C21H20N4O3S2. The van der Waals surface area contributed by atoms with Crippen LogP contribution >= 0.6 is 11.8 Å².